The Labute approximate surface area is 129 Å². The average molecular weight is 377 g/mol. The molecule has 0 spiro atoms. The lowest BCUT2D eigenvalue weighted by atomic mass is 10.2. The molecule has 0 aliphatic heterocycles. The predicted molar refractivity (Wildman–Crippen MR) is 78.9 cm³/mol. The summed E-state index contributed by atoms with van der Waals surface area (Å²) in [6.07, 6.45) is 0. The number of sulfonamides is 1. The highest BCUT2D eigenvalue weighted by Gasteiger charge is 2.16. The van der Waals surface area contributed by atoms with Crippen LogP contribution in [0.25, 0.3) is 0 Å². The molecule has 4 nitrogen and oxygen atoms in total. The van der Waals surface area contributed by atoms with E-state index in [4.69, 9.17) is 5.73 Å². The number of hydrogen-bond donors (Lipinski definition) is 2. The zero-order valence-electron chi connectivity index (χ0n) is 10.6. The zero-order chi connectivity index (χ0) is 15.6. The van der Waals surface area contributed by atoms with Crippen molar-refractivity contribution in [1.82, 2.24) is 4.72 Å². The molecular weight excluding hydrogens is 366 g/mol. The lowest BCUT2D eigenvalue weighted by Gasteiger charge is -2.09. The summed E-state index contributed by atoms with van der Waals surface area (Å²) in [5.74, 6) is -1.23. The Kier molecular flexibility index (Phi) is 4.60. The summed E-state index contributed by atoms with van der Waals surface area (Å²) in [5.41, 5.74) is 5.84. The van der Waals surface area contributed by atoms with Crippen LogP contribution in [0.4, 0.5) is 14.5 Å². The second-order valence-electron chi connectivity index (χ2n) is 4.28. The first-order valence-electron chi connectivity index (χ1n) is 5.77. The van der Waals surface area contributed by atoms with Gasteiger partial charge in [0.25, 0.3) is 0 Å². The normalized spacial score (nSPS) is 11.6. The highest BCUT2D eigenvalue weighted by atomic mass is 79.9. The molecule has 0 saturated carbocycles. The lowest BCUT2D eigenvalue weighted by molar-refractivity contribution is 0.576. The Bertz CT molecular complexity index is 761. The van der Waals surface area contributed by atoms with Gasteiger partial charge in [-0.05, 0) is 42.0 Å². The summed E-state index contributed by atoms with van der Waals surface area (Å²) in [4.78, 5) is -0.285. The summed E-state index contributed by atoms with van der Waals surface area (Å²) < 4.78 is 53.3. The second-order valence-corrected chi connectivity index (χ2v) is 6.90. The zero-order valence-corrected chi connectivity index (χ0v) is 13.0. The molecule has 0 radical (unpaired) electrons. The van der Waals surface area contributed by atoms with E-state index in [9.17, 15) is 17.2 Å². The van der Waals surface area contributed by atoms with Gasteiger partial charge in [0.05, 0.1) is 4.90 Å². The fourth-order valence-corrected chi connectivity index (χ4v) is 3.13. The first kappa shape index (κ1) is 15.9. The van der Waals surface area contributed by atoms with Crippen molar-refractivity contribution < 1.29 is 17.2 Å². The second kappa shape index (κ2) is 6.08. The van der Waals surface area contributed by atoms with Gasteiger partial charge < -0.3 is 5.73 Å². The molecule has 0 saturated heterocycles. The highest BCUT2D eigenvalue weighted by Crippen LogP contribution is 2.20. The third-order valence-electron chi connectivity index (χ3n) is 2.66. The quantitative estimate of drug-likeness (QED) is 0.805. The largest absolute Gasteiger partial charge is 0.399 e. The van der Waals surface area contributed by atoms with Crippen molar-refractivity contribution in [3.8, 4) is 0 Å². The smallest absolute Gasteiger partial charge is 0.241 e. The van der Waals surface area contributed by atoms with Gasteiger partial charge in [-0.2, -0.15) is 0 Å². The van der Waals surface area contributed by atoms with E-state index in [-0.39, 0.29) is 17.1 Å². The van der Waals surface area contributed by atoms with Crippen LogP contribution in [0, 0.1) is 11.6 Å². The molecule has 0 bridgehead atoms. The van der Waals surface area contributed by atoms with Crippen LogP contribution in [-0.2, 0) is 16.6 Å². The number of halogens is 3. The molecule has 2 aromatic carbocycles. The van der Waals surface area contributed by atoms with Crippen molar-refractivity contribution in [3.63, 3.8) is 0 Å². The first-order chi connectivity index (χ1) is 9.78. The van der Waals surface area contributed by atoms with Crippen LogP contribution >= 0.6 is 15.9 Å². The number of nitrogens with two attached hydrogens (primary N) is 1. The number of nitrogen functional groups attached to an aromatic ring is 1. The number of nitrogens with one attached hydrogen (secondary N) is 1. The van der Waals surface area contributed by atoms with Crippen LogP contribution < -0.4 is 10.5 Å². The van der Waals surface area contributed by atoms with Gasteiger partial charge in [0.2, 0.25) is 10.0 Å². The number of benzene rings is 2. The van der Waals surface area contributed by atoms with Gasteiger partial charge in [0.15, 0.2) is 0 Å². The number of hydrogen-bond acceptors (Lipinski definition) is 3. The Morgan fingerprint density at radius 1 is 1.10 bits per heavy atom. The van der Waals surface area contributed by atoms with Gasteiger partial charge in [0, 0.05) is 16.7 Å². The third kappa shape index (κ3) is 3.99. The predicted octanol–water partition coefficient (Wildman–Crippen LogP) is 2.79. The van der Waals surface area contributed by atoms with Crippen LogP contribution in [0.15, 0.2) is 45.8 Å². The Morgan fingerprint density at radius 2 is 1.81 bits per heavy atom. The molecule has 112 valence electrons. The van der Waals surface area contributed by atoms with Crippen molar-refractivity contribution in [2.45, 2.75) is 11.4 Å². The summed E-state index contributed by atoms with van der Waals surface area (Å²) in [6.45, 7) is -0.142. The summed E-state index contributed by atoms with van der Waals surface area (Å²) >= 11 is 3.20. The van der Waals surface area contributed by atoms with Gasteiger partial charge in [-0.25, -0.2) is 21.9 Å². The highest BCUT2D eigenvalue weighted by molar-refractivity contribution is 9.10. The van der Waals surface area contributed by atoms with E-state index >= 15 is 0 Å². The molecule has 0 heterocycles. The molecule has 0 aliphatic rings. The Balaban J connectivity index is 2.23. The van der Waals surface area contributed by atoms with E-state index in [1.165, 1.54) is 18.2 Å². The van der Waals surface area contributed by atoms with Crippen molar-refractivity contribution in [3.05, 3.63) is 58.1 Å². The molecule has 3 N–H and O–H groups in total. The maximum atomic E-state index is 13.2. The van der Waals surface area contributed by atoms with E-state index in [1.54, 1.807) is 0 Å². The van der Waals surface area contributed by atoms with Crippen LogP contribution in [0.1, 0.15) is 5.56 Å². The summed E-state index contributed by atoms with van der Waals surface area (Å²) in [5, 5.41) is 0. The van der Waals surface area contributed by atoms with Crippen molar-refractivity contribution in [1.29, 1.82) is 0 Å². The van der Waals surface area contributed by atoms with E-state index in [2.05, 4.69) is 20.7 Å². The molecule has 0 aliphatic carbocycles. The molecule has 0 fully saturated rings. The molecule has 2 aromatic rings. The van der Waals surface area contributed by atoms with Gasteiger partial charge in [-0.3, -0.25) is 0 Å². The van der Waals surface area contributed by atoms with E-state index < -0.39 is 21.7 Å². The maximum absolute atomic E-state index is 13.2. The van der Waals surface area contributed by atoms with Gasteiger partial charge >= 0.3 is 0 Å². The molecule has 0 unspecified atom stereocenters. The standard InChI is InChI=1S/C13H11BrF2N2O2S/c14-13-2-1-9(15)3-8(13)7-18-21(19,20)12-5-10(16)4-11(17)6-12/h1-6,18H,7,17H2. The monoisotopic (exact) mass is 376 g/mol. The van der Waals surface area contributed by atoms with E-state index in [0.717, 1.165) is 18.2 Å². The fourth-order valence-electron chi connectivity index (χ4n) is 1.67. The molecule has 0 amide bonds. The van der Waals surface area contributed by atoms with E-state index in [1.807, 2.05) is 0 Å². The molecule has 8 heteroatoms. The van der Waals surface area contributed by atoms with Crippen molar-refractivity contribution in [2.75, 3.05) is 5.73 Å². The van der Waals surface area contributed by atoms with Gasteiger partial charge in [0.1, 0.15) is 11.6 Å². The first-order valence-corrected chi connectivity index (χ1v) is 8.05. The minimum atomic E-state index is -3.95. The Morgan fingerprint density at radius 3 is 2.48 bits per heavy atom. The van der Waals surface area contributed by atoms with Crippen LogP contribution in [-0.4, -0.2) is 8.42 Å². The Hall–Kier alpha value is -1.51. The average Bonchev–Trinajstić information content (AvgIpc) is 2.39. The molecule has 21 heavy (non-hydrogen) atoms. The lowest BCUT2D eigenvalue weighted by Crippen LogP contribution is -2.23. The fraction of sp³-hybridized carbons (Fsp3) is 0.0769. The van der Waals surface area contributed by atoms with Crippen molar-refractivity contribution in [2.24, 2.45) is 0 Å². The van der Waals surface area contributed by atoms with E-state index in [0.29, 0.717) is 10.0 Å². The topological polar surface area (TPSA) is 72.2 Å². The third-order valence-corrected chi connectivity index (χ3v) is 4.82. The van der Waals surface area contributed by atoms with Gasteiger partial charge in [-0.1, -0.05) is 15.9 Å². The minimum absolute atomic E-state index is 0.00214. The number of rotatable bonds is 4. The molecule has 0 aromatic heterocycles. The summed E-state index contributed by atoms with van der Waals surface area (Å²) in [7, 11) is -3.95. The number of anilines is 1. The van der Waals surface area contributed by atoms with Crippen molar-refractivity contribution >= 4 is 31.6 Å². The molecule has 0 atom stereocenters. The maximum Gasteiger partial charge on any atom is 0.241 e. The molecule has 2 rings (SSSR count). The molecular formula is C13H11BrF2N2O2S. The van der Waals surface area contributed by atoms with Crippen LogP contribution in [0.2, 0.25) is 0 Å². The SMILES string of the molecule is Nc1cc(F)cc(S(=O)(=O)NCc2cc(F)ccc2Br)c1. The minimum Gasteiger partial charge on any atom is -0.399 e. The van der Waals surface area contributed by atoms with Crippen LogP contribution in [0.5, 0.6) is 0 Å². The van der Waals surface area contributed by atoms with Crippen LogP contribution in [0.3, 0.4) is 0 Å². The van der Waals surface area contributed by atoms with Gasteiger partial charge in [-0.15, -0.1) is 0 Å². The summed E-state index contributed by atoms with van der Waals surface area (Å²) in [6, 6.07) is 6.94.